The van der Waals surface area contributed by atoms with Crippen molar-refractivity contribution in [3.05, 3.63) is 0 Å². The number of rotatable bonds is 6. The molecule has 16 heavy (non-hydrogen) atoms. The van der Waals surface area contributed by atoms with Gasteiger partial charge in [-0.15, -0.1) is 0 Å². The molecule has 0 unspecified atom stereocenters. The van der Waals surface area contributed by atoms with E-state index in [9.17, 15) is 14.4 Å². The first kappa shape index (κ1) is 21.6. The number of hydrogen-bond acceptors (Lipinski definition) is 5. The Bertz CT molecular complexity index is 258. The Morgan fingerprint density at radius 3 is 1.44 bits per heavy atom. The number of carboxylic acid groups (broad SMARTS) is 3. The van der Waals surface area contributed by atoms with E-state index in [0.29, 0.717) is 0 Å². The molecule has 0 aromatic carbocycles. The molecule has 0 saturated carbocycles. The van der Waals surface area contributed by atoms with Crippen molar-refractivity contribution in [2.45, 2.75) is 18.4 Å². The topological polar surface area (TPSA) is 141 Å². The minimum absolute atomic E-state index is 0. The molecule has 0 aliphatic heterocycles. The minimum atomic E-state index is -2.64. The van der Waals surface area contributed by atoms with Gasteiger partial charge in [-0.25, -0.2) is 9.68 Å². The van der Waals surface area contributed by atoms with Crippen LogP contribution in [0, 0.1) is 0 Å². The van der Waals surface area contributed by atoms with E-state index in [2.05, 4.69) is 4.89 Å². The van der Waals surface area contributed by atoms with Gasteiger partial charge in [-0.3, -0.25) is 14.8 Å². The molecule has 0 fully saturated rings. The van der Waals surface area contributed by atoms with Crippen LogP contribution in [0.15, 0.2) is 0 Å². The predicted octanol–water partition coefficient (Wildman–Crippen LogP) is -6.52. The van der Waals surface area contributed by atoms with Crippen LogP contribution in [0.1, 0.15) is 15.7 Å². The fourth-order valence-corrected chi connectivity index (χ4v) is 0.806. The average molecular weight is 256 g/mol. The molecule has 0 radical (unpaired) electrons. The Hall–Kier alpha value is 0.330. The van der Waals surface area contributed by atoms with Gasteiger partial charge in [0.1, 0.15) is 0 Å². The number of carbonyl (C=O) groups is 3. The molecule has 0 saturated heterocycles. The zero-order valence-corrected chi connectivity index (χ0v) is 12.8. The van der Waals surface area contributed by atoms with Crippen LogP contribution in [0.2, 0.25) is 0 Å². The molecule has 0 aliphatic carbocycles. The predicted molar refractivity (Wildman–Crippen MR) is 40.8 cm³/mol. The molecular weight excluding hydrogens is 246 g/mol. The summed E-state index contributed by atoms with van der Waals surface area (Å²) in [5, 5.41) is 33.3. The van der Waals surface area contributed by atoms with Gasteiger partial charge in [0.05, 0.1) is 12.8 Å². The van der Waals surface area contributed by atoms with Gasteiger partial charge in [0.25, 0.3) is 0 Å². The molecule has 0 atom stereocenters. The van der Waals surface area contributed by atoms with Crippen LogP contribution >= 0.6 is 0 Å². The summed E-state index contributed by atoms with van der Waals surface area (Å²) in [5.41, 5.74) is -2.64. The summed E-state index contributed by atoms with van der Waals surface area (Å²) < 4.78 is 0. The van der Waals surface area contributed by atoms with E-state index >= 15 is 0 Å². The van der Waals surface area contributed by atoms with Gasteiger partial charge in [0, 0.05) is 0 Å². The molecule has 0 bridgehead atoms. The van der Waals surface area contributed by atoms with Crippen molar-refractivity contribution >= 4 is 17.9 Å². The Morgan fingerprint density at radius 2 is 1.31 bits per heavy atom. The van der Waals surface area contributed by atoms with Gasteiger partial charge in [-0.1, -0.05) is 0 Å². The molecule has 4 N–H and O–H groups in total. The SMILES string of the molecule is O=C(O)CC(CC(=O)O)(OO)C(=O)O.[H-].[H-].[Na+].[Na+]. The second kappa shape index (κ2) is 9.37. The summed E-state index contributed by atoms with van der Waals surface area (Å²) in [6.07, 6.45) is -2.30. The zero-order chi connectivity index (χ0) is 11.4. The molecule has 0 heterocycles. The van der Waals surface area contributed by atoms with Crippen LogP contribution in [0.4, 0.5) is 0 Å². The van der Waals surface area contributed by atoms with Gasteiger partial charge in [-0.05, 0) is 0 Å². The van der Waals surface area contributed by atoms with E-state index in [1.165, 1.54) is 0 Å². The summed E-state index contributed by atoms with van der Waals surface area (Å²) in [4.78, 5) is 34.4. The molecule has 0 aliphatic rings. The normalized spacial score (nSPS) is 9.56. The van der Waals surface area contributed by atoms with E-state index < -0.39 is 36.4 Å². The maximum absolute atomic E-state index is 10.5. The molecule has 8 nitrogen and oxygen atoms in total. The van der Waals surface area contributed by atoms with E-state index in [4.69, 9.17) is 20.6 Å². The van der Waals surface area contributed by atoms with E-state index in [1.807, 2.05) is 0 Å². The van der Waals surface area contributed by atoms with Crippen molar-refractivity contribution < 1.29 is 102 Å². The van der Waals surface area contributed by atoms with Gasteiger partial charge < -0.3 is 18.2 Å². The fraction of sp³-hybridized carbons (Fsp3) is 0.500. The summed E-state index contributed by atoms with van der Waals surface area (Å²) in [6, 6.07) is 0. The van der Waals surface area contributed by atoms with Crippen molar-refractivity contribution in [2.24, 2.45) is 0 Å². The van der Waals surface area contributed by atoms with Crippen molar-refractivity contribution in [1.29, 1.82) is 0 Å². The summed E-state index contributed by atoms with van der Waals surface area (Å²) in [6.45, 7) is 0. The van der Waals surface area contributed by atoms with Gasteiger partial charge in [-0.2, -0.15) is 0 Å². The molecule has 84 valence electrons. The number of aliphatic carboxylic acids is 3. The molecule has 0 amide bonds. The number of carboxylic acids is 3. The van der Waals surface area contributed by atoms with Crippen LogP contribution in [0.5, 0.6) is 0 Å². The third-order valence-electron chi connectivity index (χ3n) is 1.44. The molecule has 0 rings (SSSR count). The first-order valence-electron chi connectivity index (χ1n) is 3.33. The van der Waals surface area contributed by atoms with Crippen LogP contribution in [0.25, 0.3) is 0 Å². The maximum atomic E-state index is 10.5. The van der Waals surface area contributed by atoms with Gasteiger partial charge >= 0.3 is 77.0 Å². The zero-order valence-electron chi connectivity index (χ0n) is 10.8. The van der Waals surface area contributed by atoms with E-state index in [-0.39, 0.29) is 62.0 Å². The Kier molecular flexibility index (Phi) is 12.6. The van der Waals surface area contributed by atoms with Crippen molar-refractivity contribution in [3.63, 3.8) is 0 Å². The Balaban J connectivity index is -0.000000141. The third-order valence-corrected chi connectivity index (χ3v) is 1.44. The average Bonchev–Trinajstić information content (AvgIpc) is 2.00. The Labute approximate surface area is 137 Å². The van der Waals surface area contributed by atoms with Gasteiger partial charge in [0.2, 0.25) is 5.60 Å². The Morgan fingerprint density at radius 1 is 1.00 bits per heavy atom. The van der Waals surface area contributed by atoms with Crippen molar-refractivity contribution in [2.75, 3.05) is 0 Å². The van der Waals surface area contributed by atoms with Gasteiger partial charge in [0.15, 0.2) is 0 Å². The largest absolute Gasteiger partial charge is 1.00 e. The van der Waals surface area contributed by atoms with Crippen LogP contribution in [-0.2, 0) is 19.3 Å². The monoisotopic (exact) mass is 256 g/mol. The first-order valence-corrected chi connectivity index (χ1v) is 3.33. The minimum Gasteiger partial charge on any atom is -1.00 e. The smallest absolute Gasteiger partial charge is 1.00 e. The molecule has 0 spiro atoms. The fourth-order valence-electron chi connectivity index (χ4n) is 0.806. The summed E-state index contributed by atoms with van der Waals surface area (Å²) in [5.74, 6) is -5.05. The van der Waals surface area contributed by atoms with Crippen molar-refractivity contribution in [3.8, 4) is 0 Å². The molecule has 10 heteroatoms. The standard InChI is InChI=1S/C6H8O8.2Na.2H/c7-3(8)1-6(14-13,5(11)12)2-4(9)10;;;;/h13H,1-2H2,(H,7,8)(H,9,10)(H,11,12);;;;/q;2*+1;2*-1. The second-order valence-electron chi connectivity index (χ2n) is 2.53. The van der Waals surface area contributed by atoms with Crippen molar-refractivity contribution in [1.82, 2.24) is 0 Å². The first-order chi connectivity index (χ1) is 6.34. The van der Waals surface area contributed by atoms with E-state index in [0.717, 1.165) is 0 Å². The molecule has 0 aromatic heterocycles. The number of hydrogen-bond donors (Lipinski definition) is 4. The van der Waals surface area contributed by atoms with Crippen LogP contribution < -0.4 is 59.1 Å². The quantitative estimate of drug-likeness (QED) is 0.209. The van der Waals surface area contributed by atoms with Crippen LogP contribution in [0.3, 0.4) is 0 Å². The molecule has 0 aromatic rings. The van der Waals surface area contributed by atoms with E-state index in [1.54, 1.807) is 0 Å². The molecular formula is C6H10Na2O8. The summed E-state index contributed by atoms with van der Waals surface area (Å²) in [7, 11) is 0. The third kappa shape index (κ3) is 6.81. The summed E-state index contributed by atoms with van der Waals surface area (Å²) >= 11 is 0. The second-order valence-corrected chi connectivity index (χ2v) is 2.53. The maximum Gasteiger partial charge on any atom is 1.00 e. The van der Waals surface area contributed by atoms with Crippen LogP contribution in [-0.4, -0.2) is 44.1 Å².